The fraction of sp³-hybridized carbons (Fsp3) is 0.200. The standard InChI is InChI=1S/C10H6BrF2NO2/c11-8-7(9(15)14-10(8)16)5-3-4(12)1-2-6(5)13/h1-3,7-8H,(H,14,15,16). The first kappa shape index (κ1) is 11.2. The molecule has 1 heterocycles. The molecule has 1 aromatic carbocycles. The number of benzene rings is 1. The van der Waals surface area contributed by atoms with Crippen molar-refractivity contribution in [2.24, 2.45) is 0 Å². The highest BCUT2D eigenvalue weighted by molar-refractivity contribution is 9.10. The summed E-state index contributed by atoms with van der Waals surface area (Å²) in [6, 6.07) is 2.81. The number of nitrogens with one attached hydrogen (secondary N) is 1. The SMILES string of the molecule is O=C1NC(=O)C(c2cc(F)ccc2F)C1Br. The average molecular weight is 290 g/mol. The van der Waals surface area contributed by atoms with Crippen molar-refractivity contribution in [2.75, 3.05) is 0 Å². The van der Waals surface area contributed by atoms with Crippen LogP contribution in [0.1, 0.15) is 11.5 Å². The third-order valence-corrected chi connectivity index (χ3v) is 3.31. The van der Waals surface area contributed by atoms with E-state index < -0.39 is 34.2 Å². The first-order chi connectivity index (χ1) is 7.50. The molecule has 0 radical (unpaired) electrons. The van der Waals surface area contributed by atoms with Gasteiger partial charge >= 0.3 is 0 Å². The summed E-state index contributed by atoms with van der Waals surface area (Å²) in [5.74, 6) is -3.55. The molecular formula is C10H6BrF2NO2. The van der Waals surface area contributed by atoms with Gasteiger partial charge in [-0.2, -0.15) is 0 Å². The fourth-order valence-corrected chi connectivity index (χ4v) is 2.24. The number of halogens is 3. The van der Waals surface area contributed by atoms with E-state index in [1.165, 1.54) is 0 Å². The van der Waals surface area contributed by atoms with Crippen LogP contribution in [0.3, 0.4) is 0 Å². The fourth-order valence-electron chi connectivity index (χ4n) is 1.60. The molecule has 1 saturated heterocycles. The molecule has 0 aliphatic carbocycles. The average Bonchev–Trinajstić information content (AvgIpc) is 2.46. The molecule has 2 amide bonds. The smallest absolute Gasteiger partial charge is 0.241 e. The third-order valence-electron chi connectivity index (χ3n) is 2.37. The molecule has 2 rings (SSSR count). The van der Waals surface area contributed by atoms with E-state index in [2.05, 4.69) is 15.9 Å². The normalized spacial score (nSPS) is 24.7. The van der Waals surface area contributed by atoms with E-state index in [9.17, 15) is 18.4 Å². The summed E-state index contributed by atoms with van der Waals surface area (Å²) in [5.41, 5.74) is -0.120. The van der Waals surface area contributed by atoms with Gasteiger partial charge in [0.2, 0.25) is 11.8 Å². The Morgan fingerprint density at radius 3 is 2.44 bits per heavy atom. The number of alkyl halides is 1. The second-order valence-corrected chi connectivity index (χ2v) is 4.39. The molecule has 2 atom stereocenters. The Morgan fingerprint density at radius 2 is 1.88 bits per heavy atom. The summed E-state index contributed by atoms with van der Waals surface area (Å²) in [7, 11) is 0. The van der Waals surface area contributed by atoms with E-state index in [-0.39, 0.29) is 5.56 Å². The van der Waals surface area contributed by atoms with Gasteiger partial charge in [0.25, 0.3) is 0 Å². The minimum atomic E-state index is -1.02. The van der Waals surface area contributed by atoms with Crippen LogP contribution in [0, 0.1) is 11.6 Å². The lowest BCUT2D eigenvalue weighted by Crippen LogP contribution is -2.22. The van der Waals surface area contributed by atoms with Gasteiger partial charge in [0.1, 0.15) is 16.5 Å². The second-order valence-electron chi connectivity index (χ2n) is 3.40. The maximum atomic E-state index is 13.4. The van der Waals surface area contributed by atoms with Crippen LogP contribution in [-0.4, -0.2) is 16.6 Å². The predicted octanol–water partition coefficient (Wildman–Crippen LogP) is 1.47. The number of carbonyl (C=O) groups excluding carboxylic acids is 2. The van der Waals surface area contributed by atoms with Crippen LogP contribution >= 0.6 is 15.9 Å². The summed E-state index contributed by atoms with van der Waals surface area (Å²) >= 11 is 2.98. The van der Waals surface area contributed by atoms with Crippen LogP contribution in [-0.2, 0) is 9.59 Å². The largest absolute Gasteiger partial charge is 0.295 e. The van der Waals surface area contributed by atoms with Crippen molar-refractivity contribution in [1.82, 2.24) is 5.32 Å². The first-order valence-electron chi connectivity index (χ1n) is 4.44. The zero-order valence-corrected chi connectivity index (χ0v) is 9.42. The molecule has 0 bridgehead atoms. The molecule has 2 unspecified atom stereocenters. The van der Waals surface area contributed by atoms with E-state index in [0.29, 0.717) is 0 Å². The van der Waals surface area contributed by atoms with Crippen molar-refractivity contribution in [1.29, 1.82) is 0 Å². The summed E-state index contributed by atoms with van der Waals surface area (Å²) in [6.45, 7) is 0. The molecule has 3 nitrogen and oxygen atoms in total. The Hall–Kier alpha value is -1.30. The van der Waals surface area contributed by atoms with E-state index in [1.54, 1.807) is 0 Å². The minimum absolute atomic E-state index is 0.120. The van der Waals surface area contributed by atoms with E-state index in [0.717, 1.165) is 18.2 Å². The van der Waals surface area contributed by atoms with Gasteiger partial charge in [-0.15, -0.1) is 0 Å². The quantitative estimate of drug-likeness (QED) is 0.629. The monoisotopic (exact) mass is 289 g/mol. The van der Waals surface area contributed by atoms with E-state index in [4.69, 9.17) is 0 Å². The van der Waals surface area contributed by atoms with Gasteiger partial charge in [0.15, 0.2) is 0 Å². The predicted molar refractivity (Wildman–Crippen MR) is 55.0 cm³/mol. The lowest BCUT2D eigenvalue weighted by atomic mass is 9.97. The molecule has 6 heteroatoms. The molecule has 16 heavy (non-hydrogen) atoms. The number of imide groups is 1. The van der Waals surface area contributed by atoms with Gasteiger partial charge in [-0.05, 0) is 18.2 Å². The van der Waals surface area contributed by atoms with Crippen molar-refractivity contribution in [3.63, 3.8) is 0 Å². The highest BCUT2D eigenvalue weighted by atomic mass is 79.9. The molecule has 0 saturated carbocycles. The zero-order valence-electron chi connectivity index (χ0n) is 7.84. The van der Waals surface area contributed by atoms with E-state index >= 15 is 0 Å². The van der Waals surface area contributed by atoms with Crippen molar-refractivity contribution < 1.29 is 18.4 Å². The van der Waals surface area contributed by atoms with Crippen LogP contribution in [0.25, 0.3) is 0 Å². The minimum Gasteiger partial charge on any atom is -0.295 e. The van der Waals surface area contributed by atoms with Gasteiger partial charge < -0.3 is 0 Å². The van der Waals surface area contributed by atoms with Crippen molar-refractivity contribution in [3.05, 3.63) is 35.4 Å². The number of hydrogen-bond acceptors (Lipinski definition) is 2. The summed E-state index contributed by atoms with van der Waals surface area (Å²) < 4.78 is 26.4. The van der Waals surface area contributed by atoms with Gasteiger partial charge in [-0.1, -0.05) is 15.9 Å². The van der Waals surface area contributed by atoms with Crippen LogP contribution in [0.15, 0.2) is 18.2 Å². The Kier molecular flexibility index (Phi) is 2.75. The van der Waals surface area contributed by atoms with Crippen LogP contribution in [0.4, 0.5) is 8.78 Å². The highest BCUT2D eigenvalue weighted by Crippen LogP contribution is 2.31. The Balaban J connectivity index is 2.48. The van der Waals surface area contributed by atoms with Gasteiger partial charge in [-0.3, -0.25) is 14.9 Å². The first-order valence-corrected chi connectivity index (χ1v) is 5.36. The van der Waals surface area contributed by atoms with Crippen molar-refractivity contribution in [2.45, 2.75) is 10.7 Å². The molecule has 1 fully saturated rings. The lowest BCUT2D eigenvalue weighted by molar-refractivity contribution is -0.125. The Labute approximate surface area is 98.0 Å². The van der Waals surface area contributed by atoms with Crippen LogP contribution in [0.2, 0.25) is 0 Å². The molecule has 0 spiro atoms. The molecule has 84 valence electrons. The summed E-state index contributed by atoms with van der Waals surface area (Å²) in [6.07, 6.45) is 0. The highest BCUT2D eigenvalue weighted by Gasteiger charge is 2.42. The zero-order chi connectivity index (χ0) is 11.9. The van der Waals surface area contributed by atoms with Crippen LogP contribution in [0.5, 0.6) is 0 Å². The maximum Gasteiger partial charge on any atom is 0.241 e. The molecule has 1 aromatic rings. The number of rotatable bonds is 1. The summed E-state index contributed by atoms with van der Waals surface area (Å²) in [5, 5.41) is 2.05. The molecule has 0 aromatic heterocycles. The second kappa shape index (κ2) is 3.93. The maximum absolute atomic E-state index is 13.4. The van der Waals surface area contributed by atoms with Gasteiger partial charge in [0, 0.05) is 5.56 Å². The van der Waals surface area contributed by atoms with Gasteiger partial charge in [0.05, 0.1) is 5.92 Å². The van der Waals surface area contributed by atoms with Crippen molar-refractivity contribution in [3.8, 4) is 0 Å². The molecule has 1 aliphatic rings. The number of hydrogen-bond donors (Lipinski definition) is 1. The Bertz CT molecular complexity index is 478. The summed E-state index contributed by atoms with van der Waals surface area (Å²) in [4.78, 5) is 21.7. The van der Waals surface area contributed by atoms with Crippen molar-refractivity contribution >= 4 is 27.7 Å². The van der Waals surface area contributed by atoms with E-state index in [1.807, 2.05) is 5.32 Å². The Morgan fingerprint density at radius 1 is 1.19 bits per heavy atom. The lowest BCUT2D eigenvalue weighted by Gasteiger charge is -2.11. The molecular weight excluding hydrogens is 284 g/mol. The number of carbonyl (C=O) groups is 2. The van der Waals surface area contributed by atoms with Crippen LogP contribution < -0.4 is 5.32 Å². The molecule has 1 aliphatic heterocycles. The topological polar surface area (TPSA) is 46.2 Å². The third kappa shape index (κ3) is 1.73. The van der Waals surface area contributed by atoms with Gasteiger partial charge in [-0.25, -0.2) is 8.78 Å². The molecule has 1 N–H and O–H groups in total. The number of amides is 2.